The van der Waals surface area contributed by atoms with Gasteiger partial charge in [0.15, 0.2) is 0 Å². The Morgan fingerprint density at radius 2 is 1.67 bits per heavy atom. The average Bonchev–Trinajstić information content (AvgIpc) is 2.47. The molecule has 0 fully saturated rings. The van der Waals surface area contributed by atoms with Crippen molar-refractivity contribution in [1.29, 1.82) is 0 Å². The molecule has 2 rings (SSSR count). The van der Waals surface area contributed by atoms with E-state index >= 15 is 0 Å². The van der Waals surface area contributed by atoms with Crippen molar-refractivity contribution in [1.82, 2.24) is 0 Å². The predicted octanol–water partition coefficient (Wildman–Crippen LogP) is 3.53. The Balaban J connectivity index is 2.25. The number of hydrogen-bond acceptors (Lipinski definition) is 3. The molecule has 0 aliphatic carbocycles. The van der Waals surface area contributed by atoms with Gasteiger partial charge in [0.2, 0.25) is 0 Å². The first-order valence-electron chi connectivity index (χ1n) is 7.02. The van der Waals surface area contributed by atoms with Crippen LogP contribution in [0.5, 0.6) is 0 Å². The van der Waals surface area contributed by atoms with Gasteiger partial charge in [0.25, 0.3) is 0 Å². The zero-order valence-electron chi connectivity index (χ0n) is 12.7. The Kier molecular flexibility index (Phi) is 4.76. The van der Waals surface area contributed by atoms with E-state index in [0.29, 0.717) is 0 Å². The van der Waals surface area contributed by atoms with E-state index in [1.54, 1.807) is 0 Å². The summed E-state index contributed by atoms with van der Waals surface area (Å²) in [7, 11) is 1.37. The lowest BCUT2D eigenvalue weighted by Gasteiger charge is -2.13. The van der Waals surface area contributed by atoms with Crippen molar-refractivity contribution in [3.63, 3.8) is 0 Å². The van der Waals surface area contributed by atoms with Crippen molar-refractivity contribution in [2.24, 2.45) is 5.73 Å². The number of nitrogens with two attached hydrogens (primary N) is 1. The largest absolute Gasteiger partial charge is 0.469 e. The van der Waals surface area contributed by atoms with E-state index in [4.69, 9.17) is 5.73 Å². The summed E-state index contributed by atoms with van der Waals surface area (Å²) < 4.78 is 4.65. The molecule has 0 aromatic heterocycles. The van der Waals surface area contributed by atoms with Crippen LogP contribution in [0.15, 0.2) is 42.5 Å². The van der Waals surface area contributed by atoms with Crippen LogP contribution in [-0.2, 0) is 9.53 Å². The lowest BCUT2D eigenvalue weighted by atomic mass is 9.94. The molecule has 2 aromatic rings. The third kappa shape index (κ3) is 3.50. The monoisotopic (exact) mass is 283 g/mol. The highest BCUT2D eigenvalue weighted by Crippen LogP contribution is 2.28. The van der Waals surface area contributed by atoms with E-state index < -0.39 is 0 Å². The summed E-state index contributed by atoms with van der Waals surface area (Å²) in [6.07, 6.45) is 0.194. The number of methoxy groups -OCH3 is 1. The first kappa shape index (κ1) is 15.3. The van der Waals surface area contributed by atoms with Crippen LogP contribution < -0.4 is 5.73 Å². The minimum Gasteiger partial charge on any atom is -0.469 e. The highest BCUT2D eigenvalue weighted by molar-refractivity contribution is 5.72. The van der Waals surface area contributed by atoms with Crippen molar-refractivity contribution in [2.45, 2.75) is 26.3 Å². The lowest BCUT2D eigenvalue weighted by molar-refractivity contribution is -0.141. The molecule has 0 unspecified atom stereocenters. The molecule has 0 bridgehead atoms. The molecular formula is C18H21NO2. The third-order valence-corrected chi connectivity index (χ3v) is 3.72. The molecule has 2 N–H and O–H groups in total. The SMILES string of the molecule is COC(=O)C[C@H](N)c1ccc(-c2c(C)cccc2C)cc1. The van der Waals surface area contributed by atoms with Gasteiger partial charge in [-0.25, -0.2) is 0 Å². The number of aryl methyl sites for hydroxylation is 2. The Morgan fingerprint density at radius 1 is 1.10 bits per heavy atom. The predicted molar refractivity (Wildman–Crippen MR) is 84.9 cm³/mol. The van der Waals surface area contributed by atoms with Gasteiger partial charge in [0.05, 0.1) is 13.5 Å². The molecular weight excluding hydrogens is 262 g/mol. The van der Waals surface area contributed by atoms with Crippen LogP contribution in [0.4, 0.5) is 0 Å². The minimum atomic E-state index is -0.329. The number of carbonyl (C=O) groups is 1. The van der Waals surface area contributed by atoms with Crippen LogP contribution in [0.1, 0.15) is 29.2 Å². The van der Waals surface area contributed by atoms with Crippen molar-refractivity contribution in [3.05, 3.63) is 59.2 Å². The van der Waals surface area contributed by atoms with Crippen LogP contribution in [0.25, 0.3) is 11.1 Å². The number of hydrogen-bond donors (Lipinski definition) is 1. The van der Waals surface area contributed by atoms with Gasteiger partial charge in [-0.15, -0.1) is 0 Å². The second-order valence-corrected chi connectivity index (χ2v) is 5.28. The molecule has 21 heavy (non-hydrogen) atoms. The maximum absolute atomic E-state index is 11.3. The molecule has 0 saturated carbocycles. The van der Waals surface area contributed by atoms with Crippen LogP contribution in [0.3, 0.4) is 0 Å². The van der Waals surface area contributed by atoms with Gasteiger partial charge in [-0.05, 0) is 41.7 Å². The minimum absolute atomic E-state index is 0.194. The summed E-state index contributed by atoms with van der Waals surface area (Å²) in [6.45, 7) is 4.22. The molecule has 0 amide bonds. The summed E-state index contributed by atoms with van der Waals surface area (Å²) in [6, 6.07) is 14.0. The molecule has 3 nitrogen and oxygen atoms in total. The van der Waals surface area contributed by atoms with E-state index in [-0.39, 0.29) is 18.4 Å². The Hall–Kier alpha value is -2.13. The number of carbonyl (C=O) groups excluding carboxylic acids is 1. The molecule has 0 aliphatic heterocycles. The van der Waals surface area contributed by atoms with E-state index in [1.165, 1.54) is 29.4 Å². The van der Waals surface area contributed by atoms with Gasteiger partial charge >= 0.3 is 5.97 Å². The van der Waals surface area contributed by atoms with Crippen LogP contribution >= 0.6 is 0 Å². The molecule has 0 radical (unpaired) electrons. The smallest absolute Gasteiger partial charge is 0.307 e. The molecule has 110 valence electrons. The van der Waals surface area contributed by atoms with E-state index in [0.717, 1.165) is 5.56 Å². The van der Waals surface area contributed by atoms with Crippen LogP contribution in [0.2, 0.25) is 0 Å². The van der Waals surface area contributed by atoms with Crippen LogP contribution in [0, 0.1) is 13.8 Å². The molecule has 0 aliphatic rings. The second-order valence-electron chi connectivity index (χ2n) is 5.28. The van der Waals surface area contributed by atoms with Crippen LogP contribution in [-0.4, -0.2) is 13.1 Å². The first-order valence-corrected chi connectivity index (χ1v) is 7.02. The van der Waals surface area contributed by atoms with Crippen molar-refractivity contribution < 1.29 is 9.53 Å². The van der Waals surface area contributed by atoms with Crippen molar-refractivity contribution in [3.8, 4) is 11.1 Å². The third-order valence-electron chi connectivity index (χ3n) is 3.72. The summed E-state index contributed by atoms with van der Waals surface area (Å²) in [5.41, 5.74) is 11.9. The van der Waals surface area contributed by atoms with Crippen molar-refractivity contribution in [2.75, 3.05) is 7.11 Å². The fourth-order valence-electron chi connectivity index (χ4n) is 2.55. The van der Waals surface area contributed by atoms with E-state index in [2.05, 4.69) is 48.9 Å². The normalized spacial score (nSPS) is 12.0. The van der Waals surface area contributed by atoms with Gasteiger partial charge in [-0.2, -0.15) is 0 Å². The zero-order chi connectivity index (χ0) is 15.4. The molecule has 3 heteroatoms. The Labute approximate surface area is 125 Å². The Bertz CT molecular complexity index is 612. The Morgan fingerprint density at radius 3 is 2.19 bits per heavy atom. The van der Waals surface area contributed by atoms with E-state index in [1.807, 2.05) is 12.1 Å². The summed E-state index contributed by atoms with van der Waals surface area (Å²) in [4.78, 5) is 11.3. The molecule has 0 heterocycles. The lowest BCUT2D eigenvalue weighted by Crippen LogP contribution is -2.16. The summed E-state index contributed by atoms with van der Waals surface area (Å²) >= 11 is 0. The van der Waals surface area contributed by atoms with Gasteiger partial charge in [0.1, 0.15) is 0 Å². The number of ether oxygens (including phenoxy) is 1. The standard InChI is InChI=1S/C18H21NO2/c1-12-5-4-6-13(2)18(12)15-9-7-14(8-10-15)16(19)11-17(20)21-3/h4-10,16H,11,19H2,1-3H3/t16-/m0/s1. The van der Waals surface area contributed by atoms with Gasteiger partial charge in [0, 0.05) is 6.04 Å². The van der Waals surface area contributed by atoms with Gasteiger partial charge < -0.3 is 10.5 Å². The average molecular weight is 283 g/mol. The molecule has 0 saturated heterocycles. The maximum Gasteiger partial charge on any atom is 0.307 e. The molecule has 1 atom stereocenters. The molecule has 0 spiro atoms. The second kappa shape index (κ2) is 6.55. The fraction of sp³-hybridized carbons (Fsp3) is 0.278. The van der Waals surface area contributed by atoms with Gasteiger partial charge in [-0.3, -0.25) is 4.79 Å². The zero-order valence-corrected chi connectivity index (χ0v) is 12.7. The van der Waals surface area contributed by atoms with Crippen molar-refractivity contribution >= 4 is 5.97 Å². The number of benzene rings is 2. The molecule has 2 aromatic carbocycles. The number of rotatable bonds is 4. The highest BCUT2D eigenvalue weighted by atomic mass is 16.5. The fourth-order valence-corrected chi connectivity index (χ4v) is 2.55. The topological polar surface area (TPSA) is 52.3 Å². The summed E-state index contributed by atoms with van der Waals surface area (Å²) in [5.74, 6) is -0.290. The maximum atomic E-state index is 11.3. The highest BCUT2D eigenvalue weighted by Gasteiger charge is 2.12. The first-order chi connectivity index (χ1) is 10.0. The van der Waals surface area contributed by atoms with Gasteiger partial charge in [-0.1, -0.05) is 42.5 Å². The number of esters is 1. The quantitative estimate of drug-likeness (QED) is 0.873. The van der Waals surface area contributed by atoms with E-state index in [9.17, 15) is 4.79 Å². The summed E-state index contributed by atoms with van der Waals surface area (Å²) in [5, 5.41) is 0.